The Hall–Kier alpha value is -6.69. The van der Waals surface area contributed by atoms with E-state index < -0.39 is 0 Å². The van der Waals surface area contributed by atoms with Crippen molar-refractivity contribution in [3.63, 3.8) is 0 Å². The van der Waals surface area contributed by atoms with Gasteiger partial charge >= 0.3 is 0 Å². The fourth-order valence-electron chi connectivity index (χ4n) is 10.4. The summed E-state index contributed by atoms with van der Waals surface area (Å²) in [5.74, 6) is 0.694. The van der Waals surface area contributed by atoms with Crippen LogP contribution in [0, 0.1) is 0 Å². The maximum Gasteiger partial charge on any atom is 0.235 e. The first-order chi connectivity index (χ1) is 28.5. The quantitative estimate of drug-likeness (QED) is 0.180. The number of benzene rings is 7. The van der Waals surface area contributed by atoms with Gasteiger partial charge in [0.05, 0.1) is 28.3 Å². The lowest BCUT2D eigenvalue weighted by Gasteiger charge is -2.30. The van der Waals surface area contributed by atoms with E-state index in [2.05, 4.69) is 187 Å². The minimum absolute atomic E-state index is 0.00757. The van der Waals surface area contributed by atoms with Gasteiger partial charge in [-0.05, 0) is 94.4 Å². The van der Waals surface area contributed by atoms with Crippen LogP contribution in [0.1, 0.15) is 37.4 Å². The molecule has 0 saturated carbocycles. The predicted molar refractivity (Wildman–Crippen MR) is 241 cm³/mol. The topological polar surface area (TPSA) is 35.6 Å². The average molecular weight is 761 g/mol. The van der Waals surface area contributed by atoms with E-state index in [1.165, 1.54) is 70.2 Å². The molecule has 1 atom stereocenters. The molecule has 3 aromatic heterocycles. The van der Waals surface area contributed by atoms with Gasteiger partial charge in [-0.25, -0.2) is 9.97 Å². The summed E-state index contributed by atoms with van der Waals surface area (Å²) in [6.45, 7) is 4.80. The van der Waals surface area contributed by atoms with Crippen LogP contribution >= 0.6 is 11.8 Å². The van der Waals surface area contributed by atoms with Gasteiger partial charge in [0.25, 0.3) is 0 Å². The Morgan fingerprint density at radius 1 is 0.586 bits per heavy atom. The Morgan fingerprint density at radius 3 is 2.07 bits per heavy atom. The molecule has 0 fully saturated rings. The molecule has 5 heteroatoms. The van der Waals surface area contributed by atoms with Gasteiger partial charge in [0.2, 0.25) is 5.95 Å². The maximum atomic E-state index is 5.36. The number of rotatable bonds is 3. The predicted octanol–water partition coefficient (Wildman–Crippen LogP) is 13.9. The number of aromatic nitrogens is 4. The second-order valence-corrected chi connectivity index (χ2v) is 17.6. The van der Waals surface area contributed by atoms with Crippen molar-refractivity contribution in [2.45, 2.75) is 41.5 Å². The highest BCUT2D eigenvalue weighted by Crippen LogP contribution is 2.53. The Morgan fingerprint density at radius 2 is 1.22 bits per heavy atom. The fraction of sp³-hybridized carbons (Fsp3) is 0.0943. The maximum absolute atomic E-state index is 5.36. The molecule has 7 aromatic carbocycles. The standard InChI is InChI=1S/C53H36N4S/c1-53(2)41-16-7-3-12-34(41)35-25-24-33(30-42(35)53)56-44-18-8-4-13-36(44)39-28-31(22-26-46(39)56)32-23-27-47-40(29-32)37-14-5-9-19-45(37)57(47)52-54-43-17-11-21-49-50(43)51(55-52)38-15-6-10-20-48(38)58-49/h3-29,33H,30H2,1-2H3. The summed E-state index contributed by atoms with van der Waals surface area (Å²) in [7, 11) is 0. The van der Waals surface area contributed by atoms with E-state index in [1.807, 2.05) is 0 Å². The minimum Gasteiger partial charge on any atom is -0.333 e. The van der Waals surface area contributed by atoms with E-state index in [4.69, 9.17) is 9.97 Å². The van der Waals surface area contributed by atoms with Gasteiger partial charge in [-0.15, -0.1) is 0 Å². The zero-order chi connectivity index (χ0) is 38.3. The number of fused-ring (bicyclic) bond motifs is 10. The molecule has 0 spiro atoms. The molecule has 0 saturated heterocycles. The highest BCUT2D eigenvalue weighted by atomic mass is 32.2. The van der Waals surface area contributed by atoms with E-state index in [-0.39, 0.29) is 11.5 Å². The van der Waals surface area contributed by atoms with Crippen molar-refractivity contribution in [2.24, 2.45) is 0 Å². The number of para-hydroxylation sites is 2. The summed E-state index contributed by atoms with van der Waals surface area (Å²) < 4.78 is 4.84. The van der Waals surface area contributed by atoms with Gasteiger partial charge in [-0.2, -0.15) is 0 Å². The molecule has 58 heavy (non-hydrogen) atoms. The fourth-order valence-corrected chi connectivity index (χ4v) is 11.5. The summed E-state index contributed by atoms with van der Waals surface area (Å²) in [5.41, 5.74) is 16.1. The number of hydrogen-bond acceptors (Lipinski definition) is 3. The van der Waals surface area contributed by atoms with Crippen molar-refractivity contribution in [1.29, 1.82) is 0 Å². The first-order valence-electron chi connectivity index (χ1n) is 20.2. The summed E-state index contributed by atoms with van der Waals surface area (Å²) >= 11 is 1.80. The third-order valence-electron chi connectivity index (χ3n) is 13.2. The second kappa shape index (κ2) is 11.7. The first-order valence-corrected chi connectivity index (χ1v) is 21.0. The van der Waals surface area contributed by atoms with Crippen LogP contribution in [-0.4, -0.2) is 19.1 Å². The molecule has 1 aliphatic heterocycles. The average Bonchev–Trinajstić information content (AvgIpc) is 3.86. The summed E-state index contributed by atoms with van der Waals surface area (Å²) in [5, 5.41) is 6.08. The van der Waals surface area contributed by atoms with Crippen LogP contribution in [0.4, 0.5) is 0 Å². The lowest BCUT2D eigenvalue weighted by molar-refractivity contribution is 0.544. The Balaban J connectivity index is 0.947. The lowest BCUT2D eigenvalue weighted by atomic mass is 9.77. The number of hydrogen-bond donors (Lipinski definition) is 0. The van der Waals surface area contributed by atoms with Gasteiger partial charge in [0, 0.05) is 58.7 Å². The van der Waals surface area contributed by atoms with Crippen molar-refractivity contribution in [1.82, 2.24) is 19.1 Å². The van der Waals surface area contributed by atoms with Crippen LogP contribution in [0.25, 0.3) is 88.4 Å². The Kier molecular flexibility index (Phi) is 6.53. The van der Waals surface area contributed by atoms with Gasteiger partial charge in [-0.1, -0.05) is 135 Å². The van der Waals surface area contributed by atoms with Gasteiger partial charge < -0.3 is 4.57 Å². The number of allylic oxidation sites excluding steroid dienone is 4. The van der Waals surface area contributed by atoms with E-state index in [1.54, 1.807) is 17.3 Å². The number of nitrogens with zero attached hydrogens (tertiary/aromatic N) is 4. The van der Waals surface area contributed by atoms with Crippen LogP contribution in [0.2, 0.25) is 0 Å². The zero-order valence-electron chi connectivity index (χ0n) is 32.1. The van der Waals surface area contributed by atoms with Crippen molar-refractivity contribution in [2.75, 3.05) is 0 Å². The van der Waals surface area contributed by atoms with Crippen molar-refractivity contribution in [3.8, 4) is 28.3 Å². The highest BCUT2D eigenvalue weighted by molar-refractivity contribution is 7.99. The molecule has 4 nitrogen and oxygen atoms in total. The largest absolute Gasteiger partial charge is 0.333 e. The van der Waals surface area contributed by atoms with Crippen LogP contribution in [0.15, 0.2) is 179 Å². The lowest BCUT2D eigenvalue weighted by Crippen LogP contribution is -2.21. The van der Waals surface area contributed by atoms with Crippen molar-refractivity contribution in [3.05, 3.63) is 181 Å². The molecule has 0 radical (unpaired) electrons. The molecule has 4 heterocycles. The molecule has 3 aliphatic rings. The third kappa shape index (κ3) is 4.37. The van der Waals surface area contributed by atoms with Crippen LogP contribution in [0.5, 0.6) is 0 Å². The van der Waals surface area contributed by atoms with E-state index in [0.717, 1.165) is 39.6 Å². The van der Waals surface area contributed by atoms with Crippen LogP contribution in [0.3, 0.4) is 0 Å². The molecule has 0 bridgehead atoms. The van der Waals surface area contributed by atoms with Crippen LogP contribution in [-0.2, 0) is 5.41 Å². The Bertz CT molecular complexity index is 3500. The SMILES string of the molecule is CC1(C)C2=C(C=CC(n3c4ccccc4c4cc(-c5ccc6c(c5)c5ccccc5n6-c5nc6c7c(cccc7n5)Sc5ccccc5-6)ccc43)C2)c2ccccc21. The van der Waals surface area contributed by atoms with Crippen molar-refractivity contribution >= 4 is 71.8 Å². The molecule has 13 rings (SSSR count). The van der Waals surface area contributed by atoms with Gasteiger partial charge in [0.15, 0.2) is 0 Å². The normalized spacial score (nSPS) is 16.5. The molecule has 0 amide bonds. The molecule has 2 aliphatic carbocycles. The van der Waals surface area contributed by atoms with Gasteiger partial charge in [-0.3, -0.25) is 4.57 Å². The van der Waals surface area contributed by atoms with Crippen LogP contribution < -0.4 is 0 Å². The zero-order valence-corrected chi connectivity index (χ0v) is 32.9. The smallest absolute Gasteiger partial charge is 0.235 e. The summed E-state index contributed by atoms with van der Waals surface area (Å²) in [4.78, 5) is 13.0. The van der Waals surface area contributed by atoms with E-state index >= 15 is 0 Å². The minimum atomic E-state index is 0.00757. The molecule has 274 valence electrons. The van der Waals surface area contributed by atoms with E-state index in [0.29, 0.717) is 5.95 Å². The first kappa shape index (κ1) is 32.4. The van der Waals surface area contributed by atoms with Crippen molar-refractivity contribution < 1.29 is 0 Å². The molecule has 1 unspecified atom stereocenters. The monoisotopic (exact) mass is 760 g/mol. The molecule has 0 N–H and O–H groups in total. The molecular formula is C53H36N4S. The van der Waals surface area contributed by atoms with Gasteiger partial charge in [0.1, 0.15) is 0 Å². The Labute approximate surface area is 339 Å². The summed E-state index contributed by atoms with van der Waals surface area (Å²) in [6.07, 6.45) is 5.83. The third-order valence-corrected chi connectivity index (χ3v) is 14.3. The second-order valence-electron chi connectivity index (χ2n) is 16.5. The van der Waals surface area contributed by atoms with E-state index in [9.17, 15) is 0 Å². The molecular weight excluding hydrogens is 725 g/mol. The molecule has 10 aromatic rings. The highest BCUT2D eigenvalue weighted by Gasteiger charge is 2.39. The summed E-state index contributed by atoms with van der Waals surface area (Å²) in [6, 6.07) is 55.8.